The van der Waals surface area contributed by atoms with Crippen molar-refractivity contribution in [3.63, 3.8) is 0 Å². The molecule has 37 heavy (non-hydrogen) atoms. The molecule has 3 aliphatic rings. The summed E-state index contributed by atoms with van der Waals surface area (Å²) in [4.78, 5) is 3.79. The van der Waals surface area contributed by atoms with Gasteiger partial charge in [0.25, 0.3) is 0 Å². The van der Waals surface area contributed by atoms with Gasteiger partial charge in [-0.3, -0.25) is 4.90 Å². The van der Waals surface area contributed by atoms with Crippen LogP contribution >= 0.6 is 11.3 Å². The molecule has 2 N–H and O–H groups in total. The quantitative estimate of drug-likeness (QED) is 0.375. The Labute approximate surface area is 223 Å². The summed E-state index contributed by atoms with van der Waals surface area (Å²) in [6.07, 6.45) is 8.38. The third-order valence-corrected chi connectivity index (χ3v) is 8.46. The van der Waals surface area contributed by atoms with Crippen LogP contribution in [0, 0.1) is 0 Å². The zero-order valence-electron chi connectivity index (χ0n) is 22.0. The fourth-order valence-electron chi connectivity index (χ4n) is 6.03. The van der Waals surface area contributed by atoms with E-state index in [0.717, 1.165) is 40.2 Å². The Bertz CT molecular complexity index is 1430. The van der Waals surface area contributed by atoms with Gasteiger partial charge in [-0.1, -0.05) is 18.6 Å². The molecular weight excluding hydrogens is 480 g/mol. The number of anilines is 1. The van der Waals surface area contributed by atoms with Crippen molar-refractivity contribution in [2.24, 2.45) is 0 Å². The Morgan fingerprint density at radius 1 is 1.08 bits per heavy atom. The minimum absolute atomic E-state index is 0.106. The van der Waals surface area contributed by atoms with Crippen molar-refractivity contribution < 1.29 is 14.6 Å². The van der Waals surface area contributed by atoms with Crippen LogP contribution in [0.15, 0.2) is 41.8 Å². The van der Waals surface area contributed by atoms with Crippen molar-refractivity contribution in [2.45, 2.75) is 52.1 Å². The largest absolute Gasteiger partial charge is 0.504 e. The lowest BCUT2D eigenvalue weighted by atomic mass is 9.83. The zero-order chi connectivity index (χ0) is 25.7. The molecule has 192 valence electrons. The van der Waals surface area contributed by atoms with Crippen LogP contribution in [0.2, 0.25) is 0 Å². The highest BCUT2D eigenvalue weighted by Crippen LogP contribution is 2.54. The van der Waals surface area contributed by atoms with Gasteiger partial charge in [0.15, 0.2) is 11.5 Å². The number of aromatic hydroxyl groups is 1. The predicted octanol–water partition coefficient (Wildman–Crippen LogP) is 7.61. The average molecular weight is 515 g/mol. The highest BCUT2D eigenvalue weighted by molar-refractivity contribution is 7.11. The van der Waals surface area contributed by atoms with E-state index in [1.165, 1.54) is 48.4 Å². The molecule has 1 saturated heterocycles. The van der Waals surface area contributed by atoms with Crippen LogP contribution in [0.1, 0.15) is 61.6 Å². The number of phenols is 1. The first-order valence-corrected chi connectivity index (χ1v) is 14.0. The lowest BCUT2D eigenvalue weighted by Gasteiger charge is -2.35. The van der Waals surface area contributed by atoms with Crippen molar-refractivity contribution in [3.8, 4) is 28.4 Å². The van der Waals surface area contributed by atoms with E-state index in [2.05, 4.69) is 66.7 Å². The molecule has 0 bridgehead atoms. The lowest BCUT2D eigenvalue weighted by Crippen LogP contribution is -2.32. The number of likely N-dealkylation sites (tertiary alicyclic amines) is 1. The first-order valence-electron chi connectivity index (χ1n) is 13.1. The van der Waals surface area contributed by atoms with Gasteiger partial charge >= 0.3 is 0 Å². The van der Waals surface area contributed by atoms with Crippen LogP contribution in [0.3, 0.4) is 0 Å². The first kappa shape index (κ1) is 24.1. The van der Waals surface area contributed by atoms with E-state index in [-0.39, 0.29) is 11.3 Å². The Morgan fingerprint density at radius 2 is 1.89 bits per heavy atom. The molecule has 0 radical (unpaired) electrons. The second kappa shape index (κ2) is 9.26. The number of methoxy groups -OCH3 is 1. The maximum atomic E-state index is 10.6. The molecule has 5 nitrogen and oxygen atoms in total. The van der Waals surface area contributed by atoms with Crippen molar-refractivity contribution in [1.29, 1.82) is 0 Å². The van der Waals surface area contributed by atoms with E-state index in [1.807, 2.05) is 6.07 Å². The molecule has 0 spiro atoms. The molecule has 4 heterocycles. The summed E-state index contributed by atoms with van der Waals surface area (Å²) in [5.41, 5.74) is 7.44. The normalized spacial score (nSPS) is 19.2. The average Bonchev–Trinajstić information content (AvgIpc) is 3.30. The van der Waals surface area contributed by atoms with Gasteiger partial charge in [-0.2, -0.15) is 0 Å². The molecule has 0 unspecified atom stereocenters. The maximum absolute atomic E-state index is 10.6. The van der Waals surface area contributed by atoms with E-state index in [4.69, 9.17) is 9.47 Å². The van der Waals surface area contributed by atoms with Gasteiger partial charge in [0.05, 0.1) is 18.2 Å². The number of rotatable bonds is 4. The number of benzene rings is 2. The van der Waals surface area contributed by atoms with Crippen LogP contribution in [0.4, 0.5) is 5.69 Å². The molecule has 3 aromatic rings. The molecule has 1 fully saturated rings. The summed E-state index contributed by atoms with van der Waals surface area (Å²) in [6.45, 7) is 9.83. The first-order chi connectivity index (χ1) is 17.8. The van der Waals surface area contributed by atoms with Crippen LogP contribution in [-0.4, -0.2) is 35.7 Å². The number of phenolic OH excluding ortho intramolecular Hbond substituents is 1. The molecule has 6 heteroatoms. The summed E-state index contributed by atoms with van der Waals surface area (Å²) in [5, 5.41) is 16.5. The number of allylic oxidation sites excluding steroid dienone is 1. The molecule has 3 aliphatic heterocycles. The maximum Gasteiger partial charge on any atom is 0.172 e. The third-order valence-electron chi connectivity index (χ3n) is 7.56. The number of hydrogen-bond donors (Lipinski definition) is 2. The van der Waals surface area contributed by atoms with Crippen LogP contribution in [0.5, 0.6) is 17.2 Å². The van der Waals surface area contributed by atoms with Crippen LogP contribution < -0.4 is 14.8 Å². The summed E-state index contributed by atoms with van der Waals surface area (Å²) >= 11 is 1.76. The van der Waals surface area contributed by atoms with Crippen molar-refractivity contribution >= 4 is 34.4 Å². The van der Waals surface area contributed by atoms with Crippen molar-refractivity contribution in [1.82, 2.24) is 4.90 Å². The molecule has 0 atom stereocenters. The lowest BCUT2D eigenvalue weighted by molar-refractivity contribution is 0.221. The SMILES string of the molecule is COc1c(O)ccc2c1-c1ccc3c(c1C(=Cc1sccc1CN1CCCCC1)O2)C(C)=CC(C)(C)N3. The van der Waals surface area contributed by atoms with Gasteiger partial charge < -0.3 is 19.9 Å². The summed E-state index contributed by atoms with van der Waals surface area (Å²) < 4.78 is 12.3. The number of thiophene rings is 1. The molecule has 6 rings (SSSR count). The number of hydrogen-bond acceptors (Lipinski definition) is 6. The van der Waals surface area contributed by atoms with Crippen molar-refractivity contribution in [2.75, 3.05) is 25.5 Å². The highest BCUT2D eigenvalue weighted by Gasteiger charge is 2.33. The minimum Gasteiger partial charge on any atom is -0.504 e. The minimum atomic E-state index is -0.145. The Balaban J connectivity index is 1.53. The van der Waals surface area contributed by atoms with Gasteiger partial charge in [-0.25, -0.2) is 0 Å². The number of ether oxygens (including phenoxy) is 2. The second-order valence-electron chi connectivity index (χ2n) is 10.8. The number of fused-ring (bicyclic) bond motifs is 5. The highest BCUT2D eigenvalue weighted by atomic mass is 32.1. The number of nitrogens with zero attached hydrogens (tertiary/aromatic N) is 1. The molecule has 0 saturated carbocycles. The van der Waals surface area contributed by atoms with Gasteiger partial charge in [0.1, 0.15) is 11.5 Å². The van der Waals surface area contributed by atoms with Crippen LogP contribution in [0.25, 0.3) is 28.5 Å². The molecular formula is C31H34N2O3S. The van der Waals surface area contributed by atoms with E-state index in [9.17, 15) is 5.11 Å². The van der Waals surface area contributed by atoms with Crippen LogP contribution in [-0.2, 0) is 6.54 Å². The smallest absolute Gasteiger partial charge is 0.172 e. The van der Waals surface area contributed by atoms with Gasteiger partial charge in [0, 0.05) is 33.8 Å². The Morgan fingerprint density at radius 3 is 2.68 bits per heavy atom. The molecule has 2 aromatic carbocycles. The number of nitrogens with one attached hydrogen (secondary N) is 1. The predicted molar refractivity (Wildman–Crippen MR) is 153 cm³/mol. The standard InChI is InChI=1S/C31H34N2O3S/c1-19-17-31(2,3)32-22-9-8-21-28(27(19)22)25(36-24-11-10-23(34)30(35-4)29(21)24)16-26-20(12-15-37-26)18-33-13-6-5-7-14-33/h8-12,15-17,32,34H,5-7,13-14,18H2,1-4H3. The monoisotopic (exact) mass is 514 g/mol. The Kier molecular flexibility index (Phi) is 6.04. The van der Waals surface area contributed by atoms with E-state index in [0.29, 0.717) is 11.5 Å². The third kappa shape index (κ3) is 4.32. The number of piperidine rings is 1. The topological polar surface area (TPSA) is 54.0 Å². The van der Waals surface area contributed by atoms with Gasteiger partial charge in [-0.05, 0) is 93.6 Å². The van der Waals surface area contributed by atoms with E-state index < -0.39 is 0 Å². The van der Waals surface area contributed by atoms with E-state index in [1.54, 1.807) is 24.5 Å². The van der Waals surface area contributed by atoms with Gasteiger partial charge in [0.2, 0.25) is 0 Å². The zero-order valence-corrected chi connectivity index (χ0v) is 22.8. The summed E-state index contributed by atoms with van der Waals surface area (Å²) in [5.74, 6) is 2.05. The molecule has 0 amide bonds. The molecule has 1 aromatic heterocycles. The summed E-state index contributed by atoms with van der Waals surface area (Å²) in [7, 11) is 1.59. The molecule has 0 aliphatic carbocycles. The van der Waals surface area contributed by atoms with Crippen molar-refractivity contribution in [3.05, 3.63) is 63.4 Å². The second-order valence-corrected chi connectivity index (χ2v) is 11.8. The fraction of sp³-hybridized carbons (Fsp3) is 0.355. The summed E-state index contributed by atoms with van der Waals surface area (Å²) in [6, 6.07) is 9.98. The Hall–Kier alpha value is -3.22. The van der Waals surface area contributed by atoms with E-state index >= 15 is 0 Å². The fourth-order valence-corrected chi connectivity index (χ4v) is 6.87. The van der Waals surface area contributed by atoms with Gasteiger partial charge in [-0.15, -0.1) is 11.3 Å².